The van der Waals surface area contributed by atoms with Crippen LogP contribution in [0.5, 0.6) is 0 Å². The molecule has 0 aliphatic rings. The first-order valence-corrected chi connectivity index (χ1v) is 6.00. The third-order valence-electron chi connectivity index (χ3n) is 2.55. The number of urea groups is 1. The Balaban J connectivity index is 2.74. The van der Waals surface area contributed by atoms with E-state index in [1.807, 2.05) is 20.8 Å². The lowest BCUT2D eigenvalue weighted by atomic mass is 10.1. The van der Waals surface area contributed by atoms with Crippen molar-refractivity contribution in [3.63, 3.8) is 0 Å². The van der Waals surface area contributed by atoms with Gasteiger partial charge in [0.1, 0.15) is 0 Å². The van der Waals surface area contributed by atoms with Gasteiger partial charge in [-0.15, -0.1) is 0 Å². The predicted octanol–water partition coefficient (Wildman–Crippen LogP) is 1.53. The molecule has 0 unspecified atom stereocenters. The third-order valence-corrected chi connectivity index (χ3v) is 2.55. The van der Waals surface area contributed by atoms with Crippen LogP contribution in [-0.4, -0.2) is 43.9 Å². The van der Waals surface area contributed by atoms with Crippen LogP contribution in [-0.2, 0) is 11.8 Å². The molecule has 0 saturated heterocycles. The number of aromatic nitrogens is 2. The molecule has 2 amide bonds. The molecule has 7 heteroatoms. The Kier molecular flexibility index (Phi) is 4.52. The molecule has 1 aromatic heterocycles. The standard InChI is InChI=1S/C12H20N4O3/c1-12(2,3)16(8-6-10(17)18)11(19)13-9-5-7-15(4)14-9/h5,7H,6,8H2,1-4H3,(H,17,18)(H,13,14,19). The van der Waals surface area contributed by atoms with E-state index in [1.54, 1.807) is 24.0 Å². The van der Waals surface area contributed by atoms with Crippen molar-refractivity contribution in [3.8, 4) is 0 Å². The number of amides is 2. The summed E-state index contributed by atoms with van der Waals surface area (Å²) in [5.74, 6) is -0.489. The zero-order valence-corrected chi connectivity index (χ0v) is 11.7. The van der Waals surface area contributed by atoms with E-state index >= 15 is 0 Å². The number of hydrogen-bond acceptors (Lipinski definition) is 3. The number of carboxylic acids is 1. The van der Waals surface area contributed by atoms with Gasteiger partial charge in [0.15, 0.2) is 5.82 Å². The number of rotatable bonds is 4. The molecule has 1 rings (SSSR count). The van der Waals surface area contributed by atoms with Gasteiger partial charge < -0.3 is 10.0 Å². The summed E-state index contributed by atoms with van der Waals surface area (Å²) in [6.45, 7) is 5.71. The van der Waals surface area contributed by atoms with Crippen LogP contribution in [0.2, 0.25) is 0 Å². The van der Waals surface area contributed by atoms with Crippen molar-refractivity contribution in [1.29, 1.82) is 0 Å². The first-order chi connectivity index (χ1) is 8.70. The number of nitrogens with zero attached hydrogens (tertiary/aromatic N) is 3. The van der Waals surface area contributed by atoms with Gasteiger partial charge in [0.2, 0.25) is 0 Å². The fraction of sp³-hybridized carbons (Fsp3) is 0.583. The Hall–Kier alpha value is -2.05. The number of carbonyl (C=O) groups excluding carboxylic acids is 1. The minimum Gasteiger partial charge on any atom is -0.481 e. The molecule has 2 N–H and O–H groups in total. The lowest BCUT2D eigenvalue weighted by molar-refractivity contribution is -0.137. The molecule has 1 aromatic rings. The van der Waals surface area contributed by atoms with Gasteiger partial charge in [0, 0.05) is 31.4 Å². The quantitative estimate of drug-likeness (QED) is 0.866. The minimum absolute atomic E-state index is 0.0904. The highest BCUT2D eigenvalue weighted by atomic mass is 16.4. The first kappa shape index (κ1) is 15.0. The van der Waals surface area contributed by atoms with Crippen LogP contribution in [0, 0.1) is 0 Å². The van der Waals surface area contributed by atoms with E-state index in [-0.39, 0.29) is 19.0 Å². The number of aliphatic carboxylic acids is 1. The molecule has 7 nitrogen and oxygen atoms in total. The first-order valence-electron chi connectivity index (χ1n) is 6.00. The van der Waals surface area contributed by atoms with E-state index in [0.717, 1.165) is 0 Å². The smallest absolute Gasteiger partial charge is 0.323 e. The number of carbonyl (C=O) groups is 2. The Labute approximate surface area is 112 Å². The van der Waals surface area contributed by atoms with Gasteiger partial charge in [0.25, 0.3) is 0 Å². The van der Waals surface area contributed by atoms with Crippen LogP contribution in [0.3, 0.4) is 0 Å². The van der Waals surface area contributed by atoms with E-state index in [9.17, 15) is 9.59 Å². The second-order valence-electron chi connectivity index (χ2n) is 5.27. The predicted molar refractivity (Wildman–Crippen MR) is 70.9 cm³/mol. The Morgan fingerprint density at radius 1 is 1.47 bits per heavy atom. The summed E-state index contributed by atoms with van der Waals surface area (Å²) >= 11 is 0. The molecule has 19 heavy (non-hydrogen) atoms. The lowest BCUT2D eigenvalue weighted by Crippen LogP contribution is -2.48. The molecular weight excluding hydrogens is 248 g/mol. The van der Waals surface area contributed by atoms with Crippen molar-refractivity contribution < 1.29 is 14.7 Å². The van der Waals surface area contributed by atoms with Crippen LogP contribution in [0.1, 0.15) is 27.2 Å². The summed E-state index contributed by atoms with van der Waals surface area (Å²) in [5.41, 5.74) is -0.464. The Morgan fingerprint density at radius 2 is 2.11 bits per heavy atom. The molecule has 0 radical (unpaired) electrons. The van der Waals surface area contributed by atoms with Crippen LogP contribution in [0.15, 0.2) is 12.3 Å². The summed E-state index contributed by atoms with van der Waals surface area (Å²) in [6, 6.07) is 1.32. The summed E-state index contributed by atoms with van der Waals surface area (Å²) < 4.78 is 1.58. The van der Waals surface area contributed by atoms with Crippen LogP contribution in [0.4, 0.5) is 10.6 Å². The summed E-state index contributed by atoms with van der Waals surface area (Å²) in [7, 11) is 1.75. The molecule has 0 atom stereocenters. The zero-order valence-electron chi connectivity index (χ0n) is 11.7. The van der Waals surface area contributed by atoms with Gasteiger partial charge in [-0.2, -0.15) is 5.10 Å². The number of anilines is 1. The van der Waals surface area contributed by atoms with Gasteiger partial charge >= 0.3 is 12.0 Å². The highest BCUT2D eigenvalue weighted by Crippen LogP contribution is 2.15. The Bertz CT molecular complexity index is 462. The van der Waals surface area contributed by atoms with Gasteiger partial charge in [-0.1, -0.05) is 0 Å². The molecule has 0 bridgehead atoms. The second-order valence-corrected chi connectivity index (χ2v) is 5.27. The van der Waals surface area contributed by atoms with E-state index in [0.29, 0.717) is 5.82 Å². The average molecular weight is 268 g/mol. The fourth-order valence-electron chi connectivity index (χ4n) is 1.61. The van der Waals surface area contributed by atoms with E-state index in [1.165, 1.54) is 4.90 Å². The molecule has 106 valence electrons. The van der Waals surface area contributed by atoms with Crippen molar-refractivity contribution >= 4 is 17.8 Å². The molecular formula is C12H20N4O3. The van der Waals surface area contributed by atoms with E-state index in [4.69, 9.17) is 5.11 Å². The van der Waals surface area contributed by atoms with Crippen molar-refractivity contribution in [2.24, 2.45) is 7.05 Å². The zero-order chi connectivity index (χ0) is 14.6. The highest BCUT2D eigenvalue weighted by Gasteiger charge is 2.27. The van der Waals surface area contributed by atoms with Crippen molar-refractivity contribution in [1.82, 2.24) is 14.7 Å². The number of hydrogen-bond donors (Lipinski definition) is 2. The fourth-order valence-corrected chi connectivity index (χ4v) is 1.61. The van der Waals surface area contributed by atoms with Gasteiger partial charge in [0.05, 0.1) is 6.42 Å². The number of carboxylic acid groups (broad SMARTS) is 1. The normalized spacial score (nSPS) is 11.2. The SMILES string of the molecule is Cn1ccc(NC(=O)N(CCC(=O)O)C(C)(C)C)n1. The minimum atomic E-state index is -0.931. The Morgan fingerprint density at radius 3 is 2.53 bits per heavy atom. The summed E-state index contributed by atoms with van der Waals surface area (Å²) in [5, 5.41) is 15.4. The monoisotopic (exact) mass is 268 g/mol. The summed E-state index contributed by atoms with van der Waals surface area (Å²) in [4.78, 5) is 24.3. The highest BCUT2D eigenvalue weighted by molar-refractivity contribution is 5.89. The second kappa shape index (κ2) is 5.73. The maximum Gasteiger partial charge on any atom is 0.323 e. The number of aryl methyl sites for hydroxylation is 1. The molecule has 0 saturated carbocycles. The largest absolute Gasteiger partial charge is 0.481 e. The van der Waals surface area contributed by atoms with Crippen molar-refractivity contribution in [3.05, 3.63) is 12.3 Å². The maximum absolute atomic E-state index is 12.2. The lowest BCUT2D eigenvalue weighted by Gasteiger charge is -2.35. The molecule has 1 heterocycles. The topological polar surface area (TPSA) is 87.5 Å². The van der Waals surface area contributed by atoms with Crippen molar-refractivity contribution in [2.45, 2.75) is 32.7 Å². The van der Waals surface area contributed by atoms with Gasteiger partial charge in [-0.25, -0.2) is 4.79 Å². The average Bonchev–Trinajstić information content (AvgIpc) is 2.61. The molecule has 0 aromatic carbocycles. The number of nitrogens with one attached hydrogen (secondary N) is 1. The van der Waals surface area contributed by atoms with Crippen LogP contribution in [0.25, 0.3) is 0 Å². The summed E-state index contributed by atoms with van der Waals surface area (Å²) in [6.07, 6.45) is 1.63. The van der Waals surface area contributed by atoms with E-state index < -0.39 is 11.5 Å². The molecule has 0 fully saturated rings. The maximum atomic E-state index is 12.2. The van der Waals surface area contributed by atoms with E-state index in [2.05, 4.69) is 10.4 Å². The van der Waals surface area contributed by atoms with Crippen molar-refractivity contribution in [2.75, 3.05) is 11.9 Å². The van der Waals surface area contributed by atoms with Crippen LogP contribution >= 0.6 is 0 Å². The molecule has 0 aliphatic carbocycles. The third kappa shape index (κ3) is 4.61. The van der Waals surface area contributed by atoms with Gasteiger partial charge in [-0.3, -0.25) is 14.8 Å². The molecule has 0 aliphatic heterocycles. The molecule has 0 spiro atoms. The van der Waals surface area contributed by atoms with Gasteiger partial charge in [-0.05, 0) is 20.8 Å². The van der Waals surface area contributed by atoms with Crippen LogP contribution < -0.4 is 5.32 Å².